The van der Waals surface area contributed by atoms with Crippen LogP contribution in [-0.4, -0.2) is 61.4 Å². The second-order valence-corrected chi connectivity index (χ2v) is 16.4. The molecule has 0 spiro atoms. The molecule has 0 aliphatic carbocycles. The van der Waals surface area contributed by atoms with Gasteiger partial charge in [-0.05, 0) is 58.0 Å². The fraction of sp³-hybridized carbons (Fsp3) is 0.957. The second-order valence-electron chi connectivity index (χ2n) is 16.4. The number of carbonyl (C=O) groups excluding carboxylic acids is 2. The first-order chi connectivity index (χ1) is 25.6. The van der Waals surface area contributed by atoms with Crippen LogP contribution in [0.1, 0.15) is 252 Å². The molecule has 0 aliphatic heterocycles. The highest BCUT2D eigenvalue weighted by Crippen LogP contribution is 2.14. The molecule has 0 radical (unpaired) electrons. The smallest absolute Gasteiger partial charge is 0.222 e. The number of nitrogens with zero attached hydrogens (tertiary/aromatic N) is 2. The molecule has 5 nitrogen and oxygen atoms in total. The van der Waals surface area contributed by atoms with Gasteiger partial charge in [-0.3, -0.25) is 9.59 Å². The first-order valence-electron chi connectivity index (χ1n) is 23.8. The van der Waals surface area contributed by atoms with Crippen LogP contribution in [0, 0.1) is 0 Å². The Hall–Kier alpha value is -1.10. The van der Waals surface area contributed by atoms with Gasteiger partial charge in [-0.1, -0.05) is 194 Å². The van der Waals surface area contributed by atoms with Gasteiger partial charge in [0.25, 0.3) is 0 Å². The molecule has 5 heteroatoms. The Morgan fingerprint density at radius 3 is 1.02 bits per heavy atom. The van der Waals surface area contributed by atoms with E-state index in [4.69, 9.17) is 0 Å². The average Bonchev–Trinajstić information content (AvgIpc) is 3.15. The van der Waals surface area contributed by atoms with E-state index in [9.17, 15) is 9.59 Å². The quantitative estimate of drug-likeness (QED) is 0.0635. The van der Waals surface area contributed by atoms with Gasteiger partial charge in [0.2, 0.25) is 11.8 Å². The maximum absolute atomic E-state index is 13.2. The Morgan fingerprint density at radius 2 is 0.635 bits per heavy atom. The van der Waals surface area contributed by atoms with Crippen LogP contribution in [0.4, 0.5) is 0 Å². The van der Waals surface area contributed by atoms with Crippen molar-refractivity contribution in [2.24, 2.45) is 0 Å². The lowest BCUT2D eigenvalue weighted by Crippen LogP contribution is -2.32. The number of unbranched alkanes of at least 4 members (excludes halogenated alkanes) is 29. The normalized spacial score (nSPS) is 11.4. The minimum Gasteiger partial charge on any atom is -0.346 e. The zero-order valence-electron chi connectivity index (χ0n) is 36.2. The van der Waals surface area contributed by atoms with Crippen LogP contribution in [0.2, 0.25) is 0 Å². The number of hydrogen-bond donors (Lipinski definition) is 1. The zero-order valence-corrected chi connectivity index (χ0v) is 36.2. The molecule has 0 atom stereocenters. The highest BCUT2D eigenvalue weighted by molar-refractivity contribution is 5.76. The van der Waals surface area contributed by atoms with Crippen LogP contribution in [0.15, 0.2) is 0 Å². The van der Waals surface area contributed by atoms with E-state index < -0.39 is 0 Å². The summed E-state index contributed by atoms with van der Waals surface area (Å²) in [5.41, 5.74) is 0. The van der Waals surface area contributed by atoms with Crippen molar-refractivity contribution in [2.45, 2.75) is 252 Å². The SMILES string of the molecule is CCCCCCCCCCN(C)C(=O)CCCCCCCNCCCCCCCC(=O)N(CCCCCCCCCC)CCCCCCCCCC. The Morgan fingerprint density at radius 1 is 0.346 bits per heavy atom. The summed E-state index contributed by atoms with van der Waals surface area (Å²) in [5.74, 6) is 0.752. The van der Waals surface area contributed by atoms with E-state index in [-0.39, 0.29) is 0 Å². The number of amides is 2. The molecule has 0 saturated heterocycles. The summed E-state index contributed by atoms with van der Waals surface area (Å²) < 4.78 is 0. The van der Waals surface area contributed by atoms with E-state index >= 15 is 0 Å². The minimum atomic E-state index is 0.335. The molecule has 0 aliphatic rings. The van der Waals surface area contributed by atoms with E-state index in [0.29, 0.717) is 11.8 Å². The molecule has 0 aromatic carbocycles. The molecule has 0 bridgehead atoms. The molecule has 0 rings (SSSR count). The standard InChI is InChI=1S/C47H95N3O2/c1-5-8-11-14-17-20-29-36-43-49(4)46(51)39-32-25-23-27-34-41-48-42-35-28-24-26-33-40-47(52)50(44-37-30-21-18-15-12-9-6-2)45-38-31-22-19-16-13-10-7-3/h48H,5-45H2,1-4H3. The van der Waals surface area contributed by atoms with E-state index in [0.717, 1.165) is 64.8 Å². The summed E-state index contributed by atoms with van der Waals surface area (Å²) in [4.78, 5) is 29.8. The molecule has 0 unspecified atom stereocenters. The van der Waals surface area contributed by atoms with Gasteiger partial charge in [-0.25, -0.2) is 0 Å². The molecule has 52 heavy (non-hydrogen) atoms. The Labute approximate surface area is 327 Å². The van der Waals surface area contributed by atoms with Gasteiger partial charge >= 0.3 is 0 Å². The van der Waals surface area contributed by atoms with E-state index in [1.54, 1.807) is 0 Å². The van der Waals surface area contributed by atoms with Gasteiger partial charge < -0.3 is 15.1 Å². The van der Waals surface area contributed by atoms with Crippen molar-refractivity contribution in [1.82, 2.24) is 15.1 Å². The largest absolute Gasteiger partial charge is 0.346 e. The van der Waals surface area contributed by atoms with Crippen molar-refractivity contribution < 1.29 is 9.59 Å². The molecule has 2 amide bonds. The van der Waals surface area contributed by atoms with E-state index in [2.05, 4.69) is 31.0 Å². The summed E-state index contributed by atoms with van der Waals surface area (Å²) in [7, 11) is 1.99. The molecule has 1 N–H and O–H groups in total. The minimum absolute atomic E-state index is 0.335. The lowest BCUT2D eigenvalue weighted by atomic mass is 10.1. The molecule has 0 saturated carbocycles. The predicted molar refractivity (Wildman–Crippen MR) is 230 cm³/mol. The van der Waals surface area contributed by atoms with Gasteiger partial charge in [-0.15, -0.1) is 0 Å². The molecule has 0 aromatic rings. The number of rotatable bonds is 43. The van der Waals surface area contributed by atoms with Crippen molar-refractivity contribution in [3.8, 4) is 0 Å². The van der Waals surface area contributed by atoms with Gasteiger partial charge in [-0.2, -0.15) is 0 Å². The fourth-order valence-corrected chi connectivity index (χ4v) is 7.43. The van der Waals surface area contributed by atoms with Crippen LogP contribution < -0.4 is 5.32 Å². The maximum Gasteiger partial charge on any atom is 0.222 e. The Bertz CT molecular complexity index is 709. The van der Waals surface area contributed by atoms with Crippen molar-refractivity contribution in [3.05, 3.63) is 0 Å². The van der Waals surface area contributed by atoms with Crippen molar-refractivity contribution in [2.75, 3.05) is 39.8 Å². The third kappa shape index (κ3) is 37.2. The third-order valence-electron chi connectivity index (χ3n) is 11.2. The van der Waals surface area contributed by atoms with Crippen LogP contribution in [0.5, 0.6) is 0 Å². The zero-order chi connectivity index (χ0) is 38.0. The summed E-state index contributed by atoms with van der Waals surface area (Å²) >= 11 is 0. The Balaban J connectivity index is 3.81. The molecule has 0 fully saturated rings. The van der Waals surface area contributed by atoms with Gasteiger partial charge in [0.05, 0.1) is 0 Å². The van der Waals surface area contributed by atoms with Crippen molar-refractivity contribution >= 4 is 11.8 Å². The highest BCUT2D eigenvalue weighted by Gasteiger charge is 2.13. The van der Waals surface area contributed by atoms with Crippen LogP contribution in [-0.2, 0) is 9.59 Å². The lowest BCUT2D eigenvalue weighted by molar-refractivity contribution is -0.131. The molecular weight excluding hydrogens is 639 g/mol. The van der Waals surface area contributed by atoms with Crippen LogP contribution >= 0.6 is 0 Å². The molecular formula is C47H95N3O2. The van der Waals surface area contributed by atoms with Gasteiger partial charge in [0.15, 0.2) is 0 Å². The van der Waals surface area contributed by atoms with Crippen molar-refractivity contribution in [3.63, 3.8) is 0 Å². The summed E-state index contributed by atoms with van der Waals surface area (Å²) in [6.45, 7) is 12.0. The molecule has 310 valence electrons. The van der Waals surface area contributed by atoms with Gasteiger partial charge in [0, 0.05) is 39.5 Å². The highest BCUT2D eigenvalue weighted by atomic mass is 16.2. The van der Waals surface area contributed by atoms with Crippen LogP contribution in [0.25, 0.3) is 0 Å². The number of carbonyl (C=O) groups is 2. The monoisotopic (exact) mass is 734 g/mol. The maximum atomic E-state index is 13.2. The van der Waals surface area contributed by atoms with Gasteiger partial charge in [0.1, 0.15) is 0 Å². The van der Waals surface area contributed by atoms with E-state index in [1.807, 2.05) is 11.9 Å². The summed E-state index contributed by atoms with van der Waals surface area (Å²) in [6.07, 6.45) is 45.2. The fourth-order valence-electron chi connectivity index (χ4n) is 7.43. The first-order valence-corrected chi connectivity index (χ1v) is 23.8. The predicted octanol–water partition coefficient (Wildman–Crippen LogP) is 14.0. The second kappa shape index (κ2) is 42.6. The Kier molecular flexibility index (Phi) is 41.7. The number of nitrogens with one attached hydrogen (secondary N) is 1. The topological polar surface area (TPSA) is 52.7 Å². The molecule has 0 heterocycles. The lowest BCUT2D eigenvalue weighted by Gasteiger charge is -2.23. The third-order valence-corrected chi connectivity index (χ3v) is 11.2. The summed E-state index contributed by atoms with van der Waals surface area (Å²) in [6, 6.07) is 0. The van der Waals surface area contributed by atoms with E-state index in [1.165, 1.54) is 199 Å². The van der Waals surface area contributed by atoms with Crippen LogP contribution in [0.3, 0.4) is 0 Å². The first kappa shape index (κ1) is 50.9. The average molecular weight is 734 g/mol. The van der Waals surface area contributed by atoms with Crippen molar-refractivity contribution in [1.29, 1.82) is 0 Å². The number of hydrogen-bond acceptors (Lipinski definition) is 3. The summed E-state index contributed by atoms with van der Waals surface area (Å²) in [5, 5.41) is 3.63. The molecule has 0 aromatic heterocycles.